The Morgan fingerprint density at radius 1 is 1.03 bits per heavy atom. The maximum atomic E-state index is 13.2. The van der Waals surface area contributed by atoms with Crippen LogP contribution in [0.25, 0.3) is 0 Å². The molecule has 0 N–H and O–H groups in total. The number of nitrogens with zero attached hydrogens (tertiary/aromatic N) is 1. The van der Waals surface area contributed by atoms with E-state index < -0.39 is 0 Å². The molecule has 1 aliphatic heterocycles. The average molecular weight is 426 g/mol. The quantitative estimate of drug-likeness (QED) is 0.530. The summed E-state index contributed by atoms with van der Waals surface area (Å²) in [7, 11) is 0. The fourth-order valence-electron chi connectivity index (χ4n) is 3.50. The Hall–Kier alpha value is -2.86. The first-order valence-electron chi connectivity index (χ1n) is 10.1. The van der Waals surface area contributed by atoms with Crippen LogP contribution < -0.4 is 9.47 Å². The van der Waals surface area contributed by atoms with Crippen LogP contribution in [0.3, 0.4) is 0 Å². The van der Waals surface area contributed by atoms with Crippen LogP contribution in [0.4, 0.5) is 4.39 Å². The number of ether oxygens (including phenoxy) is 2. The van der Waals surface area contributed by atoms with Gasteiger partial charge in [0.1, 0.15) is 30.0 Å². The second-order valence-corrected chi connectivity index (χ2v) is 8.18. The third-order valence-electron chi connectivity index (χ3n) is 5.15. The minimum absolute atomic E-state index is 0.106. The van der Waals surface area contributed by atoms with Crippen molar-refractivity contribution in [2.45, 2.75) is 32.0 Å². The van der Waals surface area contributed by atoms with Crippen LogP contribution in [0.15, 0.2) is 65.4 Å². The summed E-state index contributed by atoms with van der Waals surface area (Å²) in [4.78, 5) is 14.3. The Morgan fingerprint density at radius 3 is 2.50 bits per heavy atom. The molecule has 1 aromatic heterocycles. The predicted octanol–water partition coefficient (Wildman–Crippen LogP) is 5.08. The number of carbonyl (C=O) groups excluding carboxylic acids is 1. The van der Waals surface area contributed by atoms with Gasteiger partial charge in [0.2, 0.25) is 5.91 Å². The molecule has 156 valence electrons. The molecule has 0 atom stereocenters. The van der Waals surface area contributed by atoms with E-state index in [9.17, 15) is 9.18 Å². The van der Waals surface area contributed by atoms with Gasteiger partial charge in [0, 0.05) is 25.9 Å². The van der Waals surface area contributed by atoms with Crippen LogP contribution >= 0.6 is 11.3 Å². The molecule has 0 saturated carbocycles. The molecule has 1 saturated heterocycles. The molecule has 0 spiro atoms. The molecule has 2 aromatic carbocycles. The Morgan fingerprint density at radius 2 is 1.80 bits per heavy atom. The molecule has 0 aliphatic carbocycles. The number of amides is 1. The molecule has 3 aromatic rings. The molecule has 6 heteroatoms. The Kier molecular flexibility index (Phi) is 6.64. The van der Waals surface area contributed by atoms with E-state index in [1.807, 2.05) is 52.1 Å². The van der Waals surface area contributed by atoms with Crippen molar-refractivity contribution < 1.29 is 18.7 Å². The number of carbonyl (C=O) groups is 1. The molecule has 1 aliphatic rings. The lowest BCUT2D eigenvalue weighted by molar-refractivity contribution is -0.132. The van der Waals surface area contributed by atoms with Gasteiger partial charge in [-0.3, -0.25) is 4.79 Å². The van der Waals surface area contributed by atoms with E-state index in [4.69, 9.17) is 9.47 Å². The van der Waals surface area contributed by atoms with Crippen LogP contribution in [0.5, 0.6) is 11.5 Å². The van der Waals surface area contributed by atoms with Gasteiger partial charge in [-0.2, -0.15) is 11.3 Å². The van der Waals surface area contributed by atoms with Gasteiger partial charge >= 0.3 is 0 Å². The van der Waals surface area contributed by atoms with Gasteiger partial charge in [-0.05, 0) is 64.4 Å². The molecule has 30 heavy (non-hydrogen) atoms. The van der Waals surface area contributed by atoms with Gasteiger partial charge in [-0.25, -0.2) is 4.39 Å². The zero-order valence-electron chi connectivity index (χ0n) is 16.6. The van der Waals surface area contributed by atoms with Crippen LogP contribution in [0.1, 0.15) is 24.0 Å². The minimum atomic E-state index is -0.265. The standard InChI is InChI=1S/C24H24FNO3S/c25-20-3-1-2-18(14-20)16-28-21-4-6-22(7-5-21)29-23-8-11-26(12-9-23)24(27)15-19-10-13-30-17-19/h1-7,10,13-14,17,23H,8-9,11-12,15-16H2. The molecule has 0 bridgehead atoms. The van der Waals surface area contributed by atoms with Crippen molar-refractivity contribution in [2.75, 3.05) is 13.1 Å². The van der Waals surface area contributed by atoms with Crippen molar-refractivity contribution in [3.63, 3.8) is 0 Å². The number of rotatable bonds is 7. The number of benzene rings is 2. The monoisotopic (exact) mass is 425 g/mol. The maximum absolute atomic E-state index is 13.2. The first-order valence-corrected chi connectivity index (χ1v) is 11.0. The normalized spacial score (nSPS) is 14.5. The third kappa shape index (κ3) is 5.60. The first kappa shape index (κ1) is 20.4. The highest BCUT2D eigenvalue weighted by atomic mass is 32.1. The zero-order valence-corrected chi connectivity index (χ0v) is 17.4. The lowest BCUT2D eigenvalue weighted by atomic mass is 10.1. The van der Waals surface area contributed by atoms with Gasteiger partial charge in [0.25, 0.3) is 0 Å². The van der Waals surface area contributed by atoms with E-state index >= 15 is 0 Å². The van der Waals surface area contributed by atoms with E-state index in [0.717, 1.165) is 42.8 Å². The van der Waals surface area contributed by atoms with E-state index in [0.29, 0.717) is 18.8 Å². The van der Waals surface area contributed by atoms with Crippen molar-refractivity contribution in [2.24, 2.45) is 0 Å². The predicted molar refractivity (Wildman–Crippen MR) is 115 cm³/mol. The van der Waals surface area contributed by atoms with Crippen molar-refractivity contribution >= 4 is 17.2 Å². The highest BCUT2D eigenvalue weighted by Crippen LogP contribution is 2.23. The minimum Gasteiger partial charge on any atom is -0.490 e. The number of thiophene rings is 1. The van der Waals surface area contributed by atoms with Crippen LogP contribution in [0.2, 0.25) is 0 Å². The Labute approximate surface area is 179 Å². The Bertz CT molecular complexity index is 951. The van der Waals surface area contributed by atoms with Gasteiger partial charge in [0.05, 0.1) is 6.42 Å². The molecule has 1 amide bonds. The zero-order chi connectivity index (χ0) is 20.8. The fraction of sp³-hybridized carbons (Fsp3) is 0.292. The van der Waals surface area contributed by atoms with E-state index in [-0.39, 0.29) is 17.8 Å². The molecule has 0 radical (unpaired) electrons. The number of likely N-dealkylation sites (tertiary alicyclic amines) is 1. The van der Waals surface area contributed by atoms with Crippen molar-refractivity contribution in [3.8, 4) is 11.5 Å². The smallest absolute Gasteiger partial charge is 0.227 e. The summed E-state index contributed by atoms with van der Waals surface area (Å²) in [5, 5.41) is 4.03. The van der Waals surface area contributed by atoms with Gasteiger partial charge < -0.3 is 14.4 Å². The van der Waals surface area contributed by atoms with Crippen molar-refractivity contribution in [1.29, 1.82) is 0 Å². The second kappa shape index (κ2) is 9.76. The molecule has 4 nitrogen and oxygen atoms in total. The van der Waals surface area contributed by atoms with E-state index in [1.165, 1.54) is 12.1 Å². The van der Waals surface area contributed by atoms with Crippen LogP contribution in [-0.2, 0) is 17.8 Å². The van der Waals surface area contributed by atoms with Crippen molar-refractivity contribution in [1.82, 2.24) is 4.90 Å². The topological polar surface area (TPSA) is 38.8 Å². The number of hydrogen-bond acceptors (Lipinski definition) is 4. The highest BCUT2D eigenvalue weighted by Gasteiger charge is 2.24. The Balaban J connectivity index is 1.22. The van der Waals surface area contributed by atoms with Crippen molar-refractivity contribution in [3.05, 3.63) is 82.3 Å². The van der Waals surface area contributed by atoms with Gasteiger partial charge in [0.15, 0.2) is 0 Å². The van der Waals surface area contributed by atoms with E-state index in [1.54, 1.807) is 17.4 Å². The summed E-state index contributed by atoms with van der Waals surface area (Å²) in [6.45, 7) is 1.76. The number of piperidine rings is 1. The summed E-state index contributed by atoms with van der Waals surface area (Å²) in [5.74, 6) is 1.42. The summed E-state index contributed by atoms with van der Waals surface area (Å²) >= 11 is 1.62. The molecule has 0 unspecified atom stereocenters. The van der Waals surface area contributed by atoms with Crippen LogP contribution in [-0.4, -0.2) is 30.0 Å². The summed E-state index contributed by atoms with van der Waals surface area (Å²) < 4.78 is 25.0. The summed E-state index contributed by atoms with van der Waals surface area (Å²) in [5.41, 5.74) is 1.87. The fourth-order valence-corrected chi connectivity index (χ4v) is 4.17. The molecule has 2 heterocycles. The summed E-state index contributed by atoms with van der Waals surface area (Å²) in [6.07, 6.45) is 2.24. The molecular weight excluding hydrogens is 401 g/mol. The highest BCUT2D eigenvalue weighted by molar-refractivity contribution is 7.08. The lowest BCUT2D eigenvalue weighted by Gasteiger charge is -2.32. The average Bonchev–Trinajstić information content (AvgIpc) is 3.27. The molecular formula is C24H24FNO3S. The first-order chi connectivity index (χ1) is 14.7. The van der Waals surface area contributed by atoms with E-state index in [2.05, 4.69) is 0 Å². The number of hydrogen-bond donors (Lipinski definition) is 0. The largest absolute Gasteiger partial charge is 0.490 e. The van der Waals surface area contributed by atoms with Gasteiger partial charge in [-0.15, -0.1) is 0 Å². The maximum Gasteiger partial charge on any atom is 0.227 e. The summed E-state index contributed by atoms with van der Waals surface area (Å²) in [6, 6.07) is 15.9. The third-order valence-corrected chi connectivity index (χ3v) is 5.88. The second-order valence-electron chi connectivity index (χ2n) is 7.40. The SMILES string of the molecule is O=C(Cc1ccsc1)N1CCC(Oc2ccc(OCc3cccc(F)c3)cc2)CC1. The number of halogens is 1. The molecule has 1 fully saturated rings. The molecule has 4 rings (SSSR count). The van der Waals surface area contributed by atoms with Crippen LogP contribution in [0, 0.1) is 5.82 Å². The van der Waals surface area contributed by atoms with Gasteiger partial charge in [-0.1, -0.05) is 12.1 Å². The lowest BCUT2D eigenvalue weighted by Crippen LogP contribution is -2.42.